The molecule has 222 valence electrons. The van der Waals surface area contributed by atoms with Gasteiger partial charge in [0.2, 0.25) is 0 Å². The van der Waals surface area contributed by atoms with E-state index in [-0.39, 0.29) is 30.4 Å². The normalized spacial score (nSPS) is 24.2. The van der Waals surface area contributed by atoms with Crippen LogP contribution in [-0.2, 0) is 13.0 Å². The fourth-order valence-electron chi connectivity index (χ4n) is 7.11. The number of aliphatic hydroxyl groups is 2. The molecule has 0 saturated carbocycles. The summed E-state index contributed by atoms with van der Waals surface area (Å²) in [6.45, 7) is 25.4. The topological polar surface area (TPSA) is 85.0 Å². The minimum Gasteiger partial charge on any atom is -0.402 e. The molecule has 0 aromatic heterocycles. The van der Waals surface area contributed by atoms with Crippen molar-refractivity contribution in [1.82, 2.24) is 10.2 Å². The van der Waals surface area contributed by atoms with Gasteiger partial charge in [-0.05, 0) is 110 Å². The van der Waals surface area contributed by atoms with Gasteiger partial charge in [-0.2, -0.15) is 0 Å². The molecular weight excluding hydrogens is 496 g/mol. The van der Waals surface area contributed by atoms with E-state index in [0.29, 0.717) is 23.6 Å². The molecule has 0 saturated heterocycles. The van der Waals surface area contributed by atoms with Crippen molar-refractivity contribution in [2.75, 3.05) is 46.2 Å². The molecule has 0 aliphatic heterocycles. The molecule has 6 nitrogen and oxygen atoms in total. The summed E-state index contributed by atoms with van der Waals surface area (Å²) >= 11 is 0. The van der Waals surface area contributed by atoms with Crippen LogP contribution in [0.15, 0.2) is 48.2 Å². The van der Waals surface area contributed by atoms with Gasteiger partial charge < -0.3 is 31.1 Å². The van der Waals surface area contributed by atoms with E-state index in [1.165, 1.54) is 27.9 Å². The average molecular weight is 551 g/mol. The Kier molecular flexibility index (Phi) is 9.83. The molecule has 1 aromatic carbocycles. The predicted octanol–water partition coefficient (Wildman–Crippen LogP) is 4.65. The van der Waals surface area contributed by atoms with Crippen molar-refractivity contribution in [2.45, 2.75) is 65.6 Å². The lowest BCUT2D eigenvalue weighted by Gasteiger charge is -2.52. The number of nitrogens with zero attached hydrogens (tertiary/aromatic N) is 2. The minimum atomic E-state index is -1.36. The highest BCUT2D eigenvalue weighted by molar-refractivity contribution is 5.88. The summed E-state index contributed by atoms with van der Waals surface area (Å²) in [6.07, 6.45) is 1.57. The first-order chi connectivity index (χ1) is 18.6. The Balaban J connectivity index is 2.26. The number of nitrogens with one attached hydrogen (secondary N) is 1. The molecule has 0 fully saturated rings. The quantitative estimate of drug-likeness (QED) is 0.300. The number of hydrogen-bond acceptors (Lipinski definition) is 6. The molecule has 5 atom stereocenters. The number of likely N-dealkylation sites (N-methyl/N-ethyl adjacent to an activating group) is 1. The number of aliphatic hydroxyl groups excluding tert-OH is 1. The number of hydrogen-bond donors (Lipinski definition) is 4. The molecule has 2 unspecified atom stereocenters. The summed E-state index contributed by atoms with van der Waals surface area (Å²) in [6, 6.07) is 2.08. The van der Waals surface area contributed by atoms with Crippen LogP contribution >= 0.6 is 0 Å². The third-order valence-electron chi connectivity index (χ3n) is 9.55. The Morgan fingerprint density at radius 1 is 1.18 bits per heavy atom. The molecule has 0 amide bonds. The number of fused-ring (bicyclic) bond motifs is 2. The van der Waals surface area contributed by atoms with Gasteiger partial charge in [-0.25, -0.2) is 0 Å². The van der Waals surface area contributed by atoms with Gasteiger partial charge in [0, 0.05) is 49.9 Å². The lowest BCUT2D eigenvalue weighted by atomic mass is 9.57. The Morgan fingerprint density at radius 2 is 1.80 bits per heavy atom. The van der Waals surface area contributed by atoms with Gasteiger partial charge in [0.25, 0.3) is 0 Å². The molecular formula is C34H54N4O2. The molecule has 2 aliphatic carbocycles. The second-order valence-electron chi connectivity index (χ2n) is 13.0. The van der Waals surface area contributed by atoms with Gasteiger partial charge in [-0.1, -0.05) is 40.5 Å². The van der Waals surface area contributed by atoms with Crippen molar-refractivity contribution in [1.29, 1.82) is 0 Å². The van der Waals surface area contributed by atoms with Gasteiger partial charge in [-0.3, -0.25) is 0 Å². The van der Waals surface area contributed by atoms with Crippen molar-refractivity contribution in [3.05, 3.63) is 70.5 Å². The van der Waals surface area contributed by atoms with Gasteiger partial charge >= 0.3 is 0 Å². The highest BCUT2D eigenvalue weighted by atomic mass is 16.3. The standard InChI is InChI=1S/C34H54N4O2/c1-19(2)16-36-17-27-15-30(37(9)10)28-13-26-14-29(31(18-39)38(11)12)34(40,23(6)20(3)25(8)35)24(7)33(26)22(5)32(28)21(27)4/h15,19-20,26,29,31,36,39-40H,5-6,8,13-14,16-18,35H2,1-4,7,9-12H3/t20?,26-,29-,31?,34+/m0/s1. The summed E-state index contributed by atoms with van der Waals surface area (Å²) in [5.41, 5.74) is 15.1. The van der Waals surface area contributed by atoms with E-state index in [1.807, 2.05) is 32.8 Å². The summed E-state index contributed by atoms with van der Waals surface area (Å²) in [5, 5.41) is 26.9. The Bertz CT molecular complexity index is 1190. The van der Waals surface area contributed by atoms with Gasteiger partial charge in [0.1, 0.15) is 5.60 Å². The minimum absolute atomic E-state index is 0.0626. The number of rotatable bonds is 11. The lowest BCUT2D eigenvalue weighted by molar-refractivity contribution is -0.0294. The van der Waals surface area contributed by atoms with Crippen LogP contribution in [-0.4, -0.2) is 68.1 Å². The molecule has 0 spiro atoms. The van der Waals surface area contributed by atoms with E-state index in [0.717, 1.165) is 36.2 Å². The maximum Gasteiger partial charge on any atom is 0.112 e. The van der Waals surface area contributed by atoms with E-state index < -0.39 is 5.60 Å². The smallest absolute Gasteiger partial charge is 0.112 e. The highest BCUT2D eigenvalue weighted by Crippen LogP contribution is 2.56. The summed E-state index contributed by atoms with van der Waals surface area (Å²) < 4.78 is 0. The fraction of sp³-hybridized carbons (Fsp3) is 0.588. The van der Waals surface area contributed by atoms with Crippen LogP contribution in [0.5, 0.6) is 0 Å². The molecule has 0 bridgehead atoms. The van der Waals surface area contributed by atoms with Crippen molar-refractivity contribution >= 4 is 11.3 Å². The first-order valence-corrected chi connectivity index (χ1v) is 14.7. The molecule has 40 heavy (non-hydrogen) atoms. The average Bonchev–Trinajstić information content (AvgIpc) is 2.86. The fourth-order valence-corrected chi connectivity index (χ4v) is 7.11. The predicted molar refractivity (Wildman–Crippen MR) is 170 cm³/mol. The number of benzene rings is 1. The molecule has 0 heterocycles. The van der Waals surface area contributed by atoms with Gasteiger partial charge in [-0.15, -0.1) is 0 Å². The van der Waals surface area contributed by atoms with Crippen LogP contribution in [0.2, 0.25) is 0 Å². The number of allylic oxidation sites excluding steroid dienone is 3. The van der Waals surface area contributed by atoms with Crippen molar-refractivity contribution < 1.29 is 10.2 Å². The summed E-state index contributed by atoms with van der Waals surface area (Å²) in [7, 11) is 8.14. The highest BCUT2D eigenvalue weighted by Gasteiger charge is 2.53. The van der Waals surface area contributed by atoms with Gasteiger partial charge in [0.05, 0.1) is 6.61 Å². The van der Waals surface area contributed by atoms with Crippen LogP contribution in [0, 0.1) is 30.6 Å². The second kappa shape index (κ2) is 12.2. The largest absolute Gasteiger partial charge is 0.402 e. The SMILES string of the molecule is C=C1C2=C(C)[C@](O)(C(=C)C(C)C(=C)N)[C@H](C(CO)N(C)C)C[C@@H]2Cc2c(N(C)C)cc(CNCC(C)C)c(C)c21. The van der Waals surface area contributed by atoms with E-state index in [9.17, 15) is 10.2 Å². The van der Waals surface area contributed by atoms with Crippen LogP contribution < -0.4 is 16.0 Å². The molecule has 5 N–H and O–H groups in total. The van der Waals surface area contributed by atoms with Crippen LogP contribution in [0.1, 0.15) is 56.4 Å². The Hall–Kier alpha value is -2.38. The zero-order chi connectivity index (χ0) is 30.3. The molecule has 6 heteroatoms. The van der Waals surface area contributed by atoms with Crippen LogP contribution in [0.25, 0.3) is 5.57 Å². The summed E-state index contributed by atoms with van der Waals surface area (Å²) in [4.78, 5) is 4.23. The van der Waals surface area contributed by atoms with Gasteiger partial charge in [0.15, 0.2) is 0 Å². The zero-order valence-corrected chi connectivity index (χ0v) is 26.5. The lowest BCUT2D eigenvalue weighted by Crippen LogP contribution is -2.57. The zero-order valence-electron chi connectivity index (χ0n) is 26.5. The van der Waals surface area contributed by atoms with Crippen LogP contribution in [0.4, 0.5) is 5.69 Å². The maximum atomic E-state index is 12.7. The van der Waals surface area contributed by atoms with E-state index in [1.54, 1.807) is 0 Å². The molecule has 3 rings (SSSR count). The third kappa shape index (κ3) is 5.56. The van der Waals surface area contributed by atoms with Crippen molar-refractivity contribution in [2.24, 2.45) is 29.4 Å². The first-order valence-electron chi connectivity index (χ1n) is 14.7. The molecule has 2 aliphatic rings. The molecule has 1 aromatic rings. The molecule has 0 radical (unpaired) electrons. The van der Waals surface area contributed by atoms with Crippen molar-refractivity contribution in [3.8, 4) is 0 Å². The Labute approximate surface area is 243 Å². The maximum absolute atomic E-state index is 12.7. The first kappa shape index (κ1) is 32.1. The van der Waals surface area contributed by atoms with Crippen molar-refractivity contribution in [3.63, 3.8) is 0 Å². The third-order valence-corrected chi connectivity index (χ3v) is 9.55. The number of nitrogens with two attached hydrogens (primary N) is 1. The van der Waals surface area contributed by atoms with E-state index in [2.05, 4.69) is 64.3 Å². The summed E-state index contributed by atoms with van der Waals surface area (Å²) in [5.74, 6) is 0.193. The Morgan fingerprint density at radius 3 is 2.30 bits per heavy atom. The number of anilines is 1. The second-order valence-corrected chi connectivity index (χ2v) is 13.0. The van der Waals surface area contributed by atoms with E-state index >= 15 is 0 Å². The van der Waals surface area contributed by atoms with Crippen LogP contribution in [0.3, 0.4) is 0 Å². The van der Waals surface area contributed by atoms with E-state index in [4.69, 9.17) is 12.3 Å². The monoisotopic (exact) mass is 550 g/mol.